The van der Waals surface area contributed by atoms with Crippen LogP contribution in [0.2, 0.25) is 0 Å². The number of nitrogens with one attached hydrogen (secondary N) is 2. The molecule has 2 amide bonds. The highest BCUT2D eigenvalue weighted by Crippen LogP contribution is 2.22. The van der Waals surface area contributed by atoms with E-state index in [1.54, 1.807) is 4.90 Å². The van der Waals surface area contributed by atoms with Crippen LogP contribution in [0.3, 0.4) is 0 Å². The van der Waals surface area contributed by atoms with Crippen LogP contribution in [-0.4, -0.2) is 40.8 Å². The topological polar surface area (TPSA) is 65.2 Å². The molecule has 0 bridgehead atoms. The quantitative estimate of drug-likeness (QED) is 0.727. The summed E-state index contributed by atoms with van der Waals surface area (Å²) in [6.07, 6.45) is 4.37. The summed E-state index contributed by atoms with van der Waals surface area (Å²) in [6.45, 7) is 1.22. The molecule has 0 radical (unpaired) electrons. The van der Waals surface area contributed by atoms with Crippen molar-refractivity contribution in [1.82, 2.24) is 15.2 Å². The molecule has 26 heavy (non-hydrogen) atoms. The summed E-state index contributed by atoms with van der Waals surface area (Å²) in [5.41, 5.74) is 2.30. The Kier molecular flexibility index (Phi) is 4.75. The molecule has 1 aliphatic heterocycles. The zero-order valence-electron chi connectivity index (χ0n) is 14.4. The maximum Gasteiger partial charge on any atom is 0.264 e. The first kappa shape index (κ1) is 16.8. The Morgan fingerprint density at radius 1 is 1.23 bits per heavy atom. The minimum absolute atomic E-state index is 0.0331. The van der Waals surface area contributed by atoms with Crippen LogP contribution in [0.1, 0.15) is 28.1 Å². The molecule has 2 N–H and O–H groups in total. The van der Waals surface area contributed by atoms with E-state index in [0.29, 0.717) is 18.0 Å². The molecule has 0 spiro atoms. The third-order valence-corrected chi connectivity index (χ3v) is 5.77. The van der Waals surface area contributed by atoms with Crippen LogP contribution >= 0.6 is 11.3 Å². The van der Waals surface area contributed by atoms with Gasteiger partial charge in [-0.15, -0.1) is 11.3 Å². The van der Waals surface area contributed by atoms with Gasteiger partial charge >= 0.3 is 0 Å². The van der Waals surface area contributed by atoms with Crippen molar-refractivity contribution in [2.24, 2.45) is 0 Å². The lowest BCUT2D eigenvalue weighted by molar-refractivity contribution is -0.124. The van der Waals surface area contributed by atoms with Crippen LogP contribution < -0.4 is 5.32 Å². The summed E-state index contributed by atoms with van der Waals surface area (Å²) in [5.74, 6) is -0.0819. The van der Waals surface area contributed by atoms with E-state index in [0.717, 1.165) is 24.8 Å². The van der Waals surface area contributed by atoms with Crippen molar-refractivity contribution in [3.63, 3.8) is 0 Å². The van der Waals surface area contributed by atoms with Crippen molar-refractivity contribution in [1.29, 1.82) is 0 Å². The summed E-state index contributed by atoms with van der Waals surface area (Å²) >= 11 is 1.42. The van der Waals surface area contributed by atoms with Crippen molar-refractivity contribution in [2.45, 2.75) is 25.3 Å². The van der Waals surface area contributed by atoms with Crippen LogP contribution in [0.4, 0.5) is 0 Å². The molecule has 3 aromatic rings. The average molecular weight is 367 g/mol. The van der Waals surface area contributed by atoms with Gasteiger partial charge in [0, 0.05) is 30.2 Å². The summed E-state index contributed by atoms with van der Waals surface area (Å²) < 4.78 is 0. The molecule has 1 saturated heterocycles. The lowest BCUT2D eigenvalue weighted by Crippen LogP contribution is -2.46. The molecule has 0 unspecified atom stereocenters. The molecule has 134 valence electrons. The molecule has 0 saturated carbocycles. The largest absolute Gasteiger partial charge is 0.361 e. The highest BCUT2D eigenvalue weighted by molar-refractivity contribution is 7.12. The van der Waals surface area contributed by atoms with E-state index in [1.165, 1.54) is 22.3 Å². The first-order valence-corrected chi connectivity index (χ1v) is 9.79. The first-order chi connectivity index (χ1) is 12.7. The van der Waals surface area contributed by atoms with Crippen molar-refractivity contribution in [3.05, 3.63) is 58.4 Å². The second kappa shape index (κ2) is 7.33. The van der Waals surface area contributed by atoms with Crippen LogP contribution in [0.25, 0.3) is 10.9 Å². The van der Waals surface area contributed by atoms with Crippen molar-refractivity contribution in [3.8, 4) is 0 Å². The molecular weight excluding hydrogens is 346 g/mol. The molecule has 6 heteroatoms. The van der Waals surface area contributed by atoms with Gasteiger partial charge in [0.1, 0.15) is 6.04 Å². The van der Waals surface area contributed by atoms with Gasteiger partial charge in [0.05, 0.1) is 4.88 Å². The summed E-state index contributed by atoms with van der Waals surface area (Å²) in [7, 11) is 0. The van der Waals surface area contributed by atoms with E-state index in [2.05, 4.69) is 16.4 Å². The molecular formula is C20H21N3O2S. The number of thiophene rings is 1. The van der Waals surface area contributed by atoms with Crippen LogP contribution in [0.15, 0.2) is 48.0 Å². The van der Waals surface area contributed by atoms with E-state index in [1.807, 2.05) is 41.9 Å². The number of aromatic nitrogens is 1. The van der Waals surface area contributed by atoms with Crippen LogP contribution in [0.5, 0.6) is 0 Å². The molecule has 5 nitrogen and oxygen atoms in total. The maximum absolute atomic E-state index is 12.6. The average Bonchev–Trinajstić information content (AvgIpc) is 3.41. The van der Waals surface area contributed by atoms with Gasteiger partial charge in [0.25, 0.3) is 5.91 Å². The maximum atomic E-state index is 12.6. The molecule has 1 aromatic carbocycles. The first-order valence-electron chi connectivity index (χ1n) is 8.91. The number of amides is 2. The van der Waals surface area contributed by atoms with Gasteiger partial charge in [-0.1, -0.05) is 24.3 Å². The second-order valence-electron chi connectivity index (χ2n) is 6.53. The van der Waals surface area contributed by atoms with Crippen molar-refractivity contribution >= 4 is 34.1 Å². The Balaban J connectivity index is 1.36. The van der Waals surface area contributed by atoms with Crippen LogP contribution in [0, 0.1) is 0 Å². The Morgan fingerprint density at radius 3 is 2.96 bits per heavy atom. The number of carbonyl (C=O) groups excluding carboxylic acids is 2. The van der Waals surface area contributed by atoms with Gasteiger partial charge in [-0.3, -0.25) is 9.59 Å². The number of benzene rings is 1. The Bertz CT molecular complexity index is 916. The number of para-hydroxylation sites is 1. The third-order valence-electron chi connectivity index (χ3n) is 4.92. The number of rotatable bonds is 5. The predicted octanol–water partition coefficient (Wildman–Crippen LogP) is 3.19. The number of likely N-dealkylation sites (tertiary alicyclic amines) is 1. The fraction of sp³-hybridized carbons (Fsp3) is 0.300. The molecule has 1 aliphatic rings. The molecule has 0 aliphatic carbocycles. The van der Waals surface area contributed by atoms with E-state index in [9.17, 15) is 9.59 Å². The van der Waals surface area contributed by atoms with Gasteiger partial charge in [0.2, 0.25) is 5.91 Å². The Morgan fingerprint density at radius 2 is 2.12 bits per heavy atom. The zero-order valence-corrected chi connectivity index (χ0v) is 15.2. The minimum Gasteiger partial charge on any atom is -0.361 e. The molecule has 2 aromatic heterocycles. The van der Waals surface area contributed by atoms with Crippen molar-refractivity contribution < 1.29 is 9.59 Å². The van der Waals surface area contributed by atoms with Gasteiger partial charge in [-0.2, -0.15) is 0 Å². The number of carbonyl (C=O) groups is 2. The predicted molar refractivity (Wildman–Crippen MR) is 103 cm³/mol. The summed E-state index contributed by atoms with van der Waals surface area (Å²) in [4.78, 5) is 30.9. The lowest BCUT2D eigenvalue weighted by atomic mass is 10.1. The van der Waals surface area contributed by atoms with Gasteiger partial charge in [0.15, 0.2) is 0 Å². The third kappa shape index (κ3) is 3.24. The van der Waals surface area contributed by atoms with E-state index in [-0.39, 0.29) is 17.9 Å². The number of H-pyrrole nitrogens is 1. The fourth-order valence-electron chi connectivity index (χ4n) is 3.60. The number of hydrogen-bond donors (Lipinski definition) is 2. The smallest absolute Gasteiger partial charge is 0.264 e. The van der Waals surface area contributed by atoms with E-state index in [4.69, 9.17) is 0 Å². The van der Waals surface area contributed by atoms with Gasteiger partial charge in [-0.25, -0.2) is 0 Å². The number of hydrogen-bond acceptors (Lipinski definition) is 3. The molecule has 1 atom stereocenters. The SMILES string of the molecule is O=C(NCCc1c[nH]c2ccccc12)[C@@H]1CCCN1C(=O)c1cccs1. The zero-order chi connectivity index (χ0) is 17.9. The van der Waals surface area contributed by atoms with E-state index < -0.39 is 0 Å². The normalized spacial score (nSPS) is 16.9. The minimum atomic E-state index is -0.354. The summed E-state index contributed by atoms with van der Waals surface area (Å²) in [5, 5.41) is 6.09. The fourth-order valence-corrected chi connectivity index (χ4v) is 4.28. The standard InChI is InChI=1S/C20H21N3O2S/c24-19(17-7-3-11-23(17)20(25)18-8-4-12-26-18)21-10-9-14-13-22-16-6-2-1-5-15(14)16/h1-2,4-6,8,12-13,17,22H,3,7,9-11H2,(H,21,24)/t17-/m0/s1. The Hall–Kier alpha value is -2.60. The molecule has 4 rings (SSSR count). The molecule has 3 heterocycles. The monoisotopic (exact) mass is 367 g/mol. The number of fused-ring (bicyclic) bond motifs is 1. The lowest BCUT2D eigenvalue weighted by Gasteiger charge is -2.23. The second-order valence-corrected chi connectivity index (χ2v) is 7.48. The molecule has 1 fully saturated rings. The van der Waals surface area contributed by atoms with Crippen molar-refractivity contribution in [2.75, 3.05) is 13.1 Å². The van der Waals surface area contributed by atoms with Gasteiger partial charge in [-0.05, 0) is 42.3 Å². The number of aromatic amines is 1. The Labute approximate surface area is 156 Å². The van der Waals surface area contributed by atoms with Gasteiger partial charge < -0.3 is 15.2 Å². The van der Waals surface area contributed by atoms with E-state index >= 15 is 0 Å². The highest BCUT2D eigenvalue weighted by atomic mass is 32.1. The highest BCUT2D eigenvalue weighted by Gasteiger charge is 2.34. The summed E-state index contributed by atoms with van der Waals surface area (Å²) in [6, 6.07) is 11.5. The van der Waals surface area contributed by atoms with Crippen LogP contribution in [-0.2, 0) is 11.2 Å². The number of nitrogens with zero attached hydrogens (tertiary/aromatic N) is 1.